The van der Waals surface area contributed by atoms with E-state index in [1.165, 1.54) is 70.6 Å². The second kappa shape index (κ2) is 17.5. The smallest absolute Gasteiger partial charge is 0.271 e. The number of amides is 1. The molecule has 0 aromatic heterocycles. The number of carbonyl (C=O) groups is 1. The molecule has 3 heteroatoms. The third kappa shape index (κ3) is 12.1. The van der Waals surface area contributed by atoms with Crippen molar-refractivity contribution in [2.45, 2.75) is 104 Å². The number of unbranched alkanes of at least 4 members (excludes halogenated alkanes) is 7. The van der Waals surface area contributed by atoms with Crippen LogP contribution in [0.25, 0.3) is 0 Å². The highest BCUT2D eigenvalue weighted by molar-refractivity contribution is 5.93. The van der Waals surface area contributed by atoms with Crippen molar-refractivity contribution in [3.05, 3.63) is 35.9 Å². The number of rotatable bonds is 18. The Bertz CT molecular complexity index is 503. The summed E-state index contributed by atoms with van der Waals surface area (Å²) in [6, 6.07) is 9.43. The highest BCUT2D eigenvalue weighted by Gasteiger charge is 2.15. The number of nitrogens with zero attached hydrogens (tertiary/aromatic N) is 1. The van der Waals surface area contributed by atoms with E-state index in [0.29, 0.717) is 18.7 Å². The van der Waals surface area contributed by atoms with Gasteiger partial charge in [-0.25, -0.2) is 5.06 Å². The zero-order chi connectivity index (χ0) is 21.2. The third-order valence-electron chi connectivity index (χ3n) is 5.72. The van der Waals surface area contributed by atoms with Crippen molar-refractivity contribution in [1.82, 2.24) is 5.06 Å². The molecule has 0 bridgehead atoms. The monoisotopic (exact) mass is 403 g/mol. The van der Waals surface area contributed by atoms with Crippen LogP contribution < -0.4 is 0 Å². The van der Waals surface area contributed by atoms with Crippen LogP contribution in [0.3, 0.4) is 0 Å². The van der Waals surface area contributed by atoms with Gasteiger partial charge in [0, 0.05) is 12.1 Å². The molecule has 0 N–H and O–H groups in total. The van der Waals surface area contributed by atoms with Gasteiger partial charge in [-0.2, -0.15) is 0 Å². The van der Waals surface area contributed by atoms with Crippen molar-refractivity contribution in [3.63, 3.8) is 0 Å². The number of hydrogen-bond donors (Lipinski definition) is 0. The average molecular weight is 404 g/mol. The lowest BCUT2D eigenvalue weighted by molar-refractivity contribution is -0.125. The quantitative estimate of drug-likeness (QED) is 0.185. The standard InChI is InChI=1S/C26H45NO2/c1-4-7-8-9-10-11-12-14-18-24(6-3)19-17-23-29-27(22-5-2)26(28)25-20-15-13-16-21-25/h13,15-16,20-21,24H,4-12,14,17-19,22-23H2,1-3H3. The highest BCUT2D eigenvalue weighted by atomic mass is 16.7. The molecule has 0 saturated heterocycles. The van der Waals surface area contributed by atoms with Crippen LogP contribution in [0.15, 0.2) is 30.3 Å². The summed E-state index contributed by atoms with van der Waals surface area (Å²) < 4.78 is 0. The van der Waals surface area contributed by atoms with Crippen LogP contribution in [-0.4, -0.2) is 24.1 Å². The Morgan fingerprint density at radius 1 is 0.828 bits per heavy atom. The van der Waals surface area contributed by atoms with Crippen LogP contribution in [0, 0.1) is 5.92 Å². The lowest BCUT2D eigenvalue weighted by atomic mass is 9.93. The summed E-state index contributed by atoms with van der Waals surface area (Å²) in [5, 5.41) is 1.55. The van der Waals surface area contributed by atoms with Gasteiger partial charge in [0.1, 0.15) is 0 Å². The van der Waals surface area contributed by atoms with E-state index in [1.807, 2.05) is 30.3 Å². The Kier molecular flexibility index (Phi) is 15.5. The van der Waals surface area contributed by atoms with Gasteiger partial charge in [-0.3, -0.25) is 9.63 Å². The lowest BCUT2D eigenvalue weighted by Gasteiger charge is -2.22. The lowest BCUT2D eigenvalue weighted by Crippen LogP contribution is -2.32. The van der Waals surface area contributed by atoms with Crippen molar-refractivity contribution in [3.8, 4) is 0 Å². The van der Waals surface area contributed by atoms with Crippen LogP contribution in [0.1, 0.15) is 115 Å². The molecule has 1 amide bonds. The van der Waals surface area contributed by atoms with Crippen LogP contribution in [0.5, 0.6) is 0 Å². The van der Waals surface area contributed by atoms with E-state index in [4.69, 9.17) is 4.84 Å². The van der Waals surface area contributed by atoms with Crippen LogP contribution >= 0.6 is 0 Å². The number of carbonyl (C=O) groups excluding carboxylic acids is 1. The zero-order valence-corrected chi connectivity index (χ0v) is 19.3. The van der Waals surface area contributed by atoms with Gasteiger partial charge in [-0.05, 0) is 37.3 Å². The maximum absolute atomic E-state index is 12.6. The number of hydrogen-bond acceptors (Lipinski definition) is 2. The van der Waals surface area contributed by atoms with Crippen LogP contribution in [-0.2, 0) is 4.84 Å². The van der Waals surface area contributed by atoms with Gasteiger partial charge >= 0.3 is 0 Å². The summed E-state index contributed by atoms with van der Waals surface area (Å²) in [6.45, 7) is 7.93. The number of benzene rings is 1. The van der Waals surface area contributed by atoms with E-state index in [-0.39, 0.29) is 5.91 Å². The molecule has 1 aromatic carbocycles. The highest BCUT2D eigenvalue weighted by Crippen LogP contribution is 2.20. The summed E-state index contributed by atoms with van der Waals surface area (Å²) in [4.78, 5) is 18.5. The van der Waals surface area contributed by atoms with E-state index in [1.54, 1.807) is 5.06 Å². The second-order valence-electron chi connectivity index (χ2n) is 8.29. The molecule has 29 heavy (non-hydrogen) atoms. The fourth-order valence-electron chi connectivity index (χ4n) is 3.82. The van der Waals surface area contributed by atoms with E-state index >= 15 is 0 Å². The summed E-state index contributed by atoms with van der Waals surface area (Å²) in [7, 11) is 0. The Morgan fingerprint density at radius 2 is 1.45 bits per heavy atom. The molecule has 1 rings (SSSR count). The number of hydroxylamine groups is 2. The SMILES string of the molecule is CCCCCCCCCCC(CC)CCCON(CCC)C(=O)c1ccccc1. The molecule has 1 aromatic rings. The Morgan fingerprint density at radius 3 is 2.07 bits per heavy atom. The van der Waals surface area contributed by atoms with Gasteiger partial charge in [0.2, 0.25) is 0 Å². The van der Waals surface area contributed by atoms with E-state index in [2.05, 4.69) is 20.8 Å². The Labute approximate surface area is 180 Å². The molecule has 166 valence electrons. The fourth-order valence-corrected chi connectivity index (χ4v) is 3.82. The molecule has 0 aliphatic rings. The first-order chi connectivity index (χ1) is 14.2. The molecule has 1 atom stereocenters. The van der Waals surface area contributed by atoms with Gasteiger partial charge in [0.05, 0.1) is 6.61 Å². The minimum atomic E-state index is -0.0292. The van der Waals surface area contributed by atoms with Gasteiger partial charge in [0.15, 0.2) is 0 Å². The van der Waals surface area contributed by atoms with Gasteiger partial charge in [-0.15, -0.1) is 0 Å². The minimum Gasteiger partial charge on any atom is -0.271 e. The second-order valence-corrected chi connectivity index (χ2v) is 8.29. The summed E-state index contributed by atoms with van der Waals surface area (Å²) in [6.07, 6.45) is 16.8. The van der Waals surface area contributed by atoms with Gasteiger partial charge in [-0.1, -0.05) is 103 Å². The Hall–Kier alpha value is -1.35. The predicted molar refractivity (Wildman–Crippen MR) is 124 cm³/mol. The first-order valence-corrected chi connectivity index (χ1v) is 12.2. The predicted octanol–water partition coefficient (Wildman–Crippen LogP) is 7.81. The van der Waals surface area contributed by atoms with Gasteiger partial charge < -0.3 is 0 Å². The zero-order valence-electron chi connectivity index (χ0n) is 19.3. The van der Waals surface area contributed by atoms with Crippen molar-refractivity contribution < 1.29 is 9.63 Å². The van der Waals surface area contributed by atoms with Crippen molar-refractivity contribution >= 4 is 5.91 Å². The van der Waals surface area contributed by atoms with Crippen LogP contribution in [0.4, 0.5) is 0 Å². The van der Waals surface area contributed by atoms with Crippen molar-refractivity contribution in [1.29, 1.82) is 0 Å². The van der Waals surface area contributed by atoms with Crippen molar-refractivity contribution in [2.75, 3.05) is 13.2 Å². The third-order valence-corrected chi connectivity index (χ3v) is 5.72. The first kappa shape index (κ1) is 25.7. The van der Waals surface area contributed by atoms with Crippen molar-refractivity contribution in [2.24, 2.45) is 5.92 Å². The van der Waals surface area contributed by atoms with E-state index < -0.39 is 0 Å². The van der Waals surface area contributed by atoms with Crippen LogP contribution in [0.2, 0.25) is 0 Å². The molecular weight excluding hydrogens is 358 g/mol. The molecule has 1 unspecified atom stereocenters. The maximum Gasteiger partial charge on any atom is 0.277 e. The van der Waals surface area contributed by atoms with E-state index in [0.717, 1.165) is 18.8 Å². The molecule has 0 aliphatic heterocycles. The van der Waals surface area contributed by atoms with E-state index in [9.17, 15) is 4.79 Å². The fraction of sp³-hybridized carbons (Fsp3) is 0.731. The average Bonchev–Trinajstić information content (AvgIpc) is 2.76. The minimum absolute atomic E-state index is 0.0292. The molecule has 0 fully saturated rings. The maximum atomic E-state index is 12.6. The van der Waals surface area contributed by atoms with Gasteiger partial charge in [0.25, 0.3) is 5.91 Å². The summed E-state index contributed by atoms with van der Waals surface area (Å²) in [5.41, 5.74) is 0.696. The summed E-state index contributed by atoms with van der Waals surface area (Å²) >= 11 is 0. The molecular formula is C26H45NO2. The topological polar surface area (TPSA) is 29.5 Å². The molecule has 0 saturated carbocycles. The first-order valence-electron chi connectivity index (χ1n) is 12.2. The molecule has 0 spiro atoms. The normalized spacial score (nSPS) is 12.1. The Balaban J connectivity index is 2.19. The largest absolute Gasteiger partial charge is 0.277 e. The molecule has 0 aliphatic carbocycles. The molecule has 0 radical (unpaired) electrons. The molecule has 0 heterocycles. The molecule has 3 nitrogen and oxygen atoms in total. The summed E-state index contributed by atoms with van der Waals surface area (Å²) in [5.74, 6) is 0.765.